The molecule has 0 bridgehead atoms. The third-order valence-electron chi connectivity index (χ3n) is 1.74. The van der Waals surface area contributed by atoms with Crippen molar-refractivity contribution in [3.05, 3.63) is 35.9 Å². The van der Waals surface area contributed by atoms with Crippen LogP contribution in [0.1, 0.15) is 12.5 Å². The molecule has 1 rings (SSSR count). The highest BCUT2D eigenvalue weighted by atomic mass is 16.2. The summed E-state index contributed by atoms with van der Waals surface area (Å²) in [5, 5.41) is 8.66. The number of rotatable bonds is 2. The van der Waals surface area contributed by atoms with E-state index in [1.807, 2.05) is 31.2 Å². The van der Waals surface area contributed by atoms with E-state index in [2.05, 4.69) is 0 Å². The molecule has 0 fully saturated rings. The van der Waals surface area contributed by atoms with Crippen molar-refractivity contribution in [3.63, 3.8) is 0 Å². The van der Waals surface area contributed by atoms with Gasteiger partial charge in [-0.2, -0.15) is 0 Å². The zero-order valence-corrected chi connectivity index (χ0v) is 7.12. The van der Waals surface area contributed by atoms with Gasteiger partial charge in [-0.05, 0) is 30.2 Å². The minimum absolute atomic E-state index is 0.0701. The van der Waals surface area contributed by atoms with Crippen molar-refractivity contribution >= 4 is 11.3 Å². The van der Waals surface area contributed by atoms with Gasteiger partial charge in [-0.1, -0.05) is 18.2 Å². The maximum Gasteiger partial charge on any atom is 0.0618 e. The van der Waals surface area contributed by atoms with Gasteiger partial charge < -0.3 is 10.8 Å². The Morgan fingerprint density at radius 1 is 1.58 bits per heavy atom. The Bertz CT molecular complexity index is 292. The van der Waals surface area contributed by atoms with E-state index in [0.29, 0.717) is 0 Å². The van der Waals surface area contributed by atoms with Crippen LogP contribution < -0.4 is 5.73 Å². The van der Waals surface area contributed by atoms with Crippen LogP contribution in [0.4, 0.5) is 5.69 Å². The van der Waals surface area contributed by atoms with Crippen molar-refractivity contribution in [2.75, 3.05) is 12.3 Å². The maximum atomic E-state index is 8.66. The molecule has 0 radical (unpaired) electrons. The van der Waals surface area contributed by atoms with Crippen molar-refractivity contribution in [3.8, 4) is 0 Å². The molecule has 0 spiro atoms. The Kier molecular flexibility index (Phi) is 2.88. The molecular weight excluding hydrogens is 150 g/mol. The van der Waals surface area contributed by atoms with Crippen LogP contribution in [0, 0.1) is 0 Å². The lowest BCUT2D eigenvalue weighted by Crippen LogP contribution is -1.87. The van der Waals surface area contributed by atoms with Crippen molar-refractivity contribution in [1.29, 1.82) is 0 Å². The molecule has 2 heteroatoms. The molecular formula is C10H13NO. The van der Waals surface area contributed by atoms with Gasteiger partial charge >= 0.3 is 0 Å². The average Bonchev–Trinajstić information content (AvgIpc) is 2.05. The molecule has 3 N–H and O–H groups in total. The number of allylic oxidation sites excluding steroid dienone is 1. The largest absolute Gasteiger partial charge is 0.399 e. The highest BCUT2D eigenvalue weighted by molar-refractivity contribution is 5.66. The van der Waals surface area contributed by atoms with Crippen LogP contribution in [0.15, 0.2) is 30.3 Å². The Morgan fingerprint density at radius 3 is 2.92 bits per heavy atom. The first kappa shape index (κ1) is 8.81. The zero-order valence-electron chi connectivity index (χ0n) is 7.12. The molecule has 0 amide bonds. The molecule has 0 unspecified atom stereocenters. The zero-order chi connectivity index (χ0) is 8.97. The normalized spacial score (nSPS) is 11.7. The van der Waals surface area contributed by atoms with E-state index >= 15 is 0 Å². The van der Waals surface area contributed by atoms with Crippen LogP contribution in [0.2, 0.25) is 0 Å². The number of aliphatic hydroxyl groups excluding tert-OH is 1. The van der Waals surface area contributed by atoms with Gasteiger partial charge in [0.25, 0.3) is 0 Å². The minimum atomic E-state index is 0.0701. The maximum absolute atomic E-state index is 8.66. The van der Waals surface area contributed by atoms with Gasteiger partial charge in [-0.15, -0.1) is 0 Å². The second kappa shape index (κ2) is 3.93. The van der Waals surface area contributed by atoms with Crippen LogP contribution >= 0.6 is 0 Å². The summed E-state index contributed by atoms with van der Waals surface area (Å²) >= 11 is 0. The predicted octanol–water partition coefficient (Wildman–Crippen LogP) is 1.66. The highest BCUT2D eigenvalue weighted by Crippen LogP contribution is 2.15. The Hall–Kier alpha value is -1.28. The summed E-state index contributed by atoms with van der Waals surface area (Å²) in [5.41, 5.74) is 8.46. The SMILES string of the molecule is C/C(=C\CO)c1cccc(N)c1. The molecule has 0 heterocycles. The summed E-state index contributed by atoms with van der Waals surface area (Å²) < 4.78 is 0. The van der Waals surface area contributed by atoms with Gasteiger partial charge in [-0.3, -0.25) is 0 Å². The van der Waals surface area contributed by atoms with E-state index in [1.54, 1.807) is 6.08 Å². The number of aliphatic hydroxyl groups is 1. The first-order valence-corrected chi connectivity index (χ1v) is 3.87. The van der Waals surface area contributed by atoms with Gasteiger partial charge in [-0.25, -0.2) is 0 Å². The van der Waals surface area contributed by atoms with Gasteiger partial charge in [0.2, 0.25) is 0 Å². The van der Waals surface area contributed by atoms with Crippen molar-refractivity contribution in [2.24, 2.45) is 0 Å². The lowest BCUT2D eigenvalue weighted by atomic mass is 10.1. The first-order valence-electron chi connectivity index (χ1n) is 3.87. The number of benzene rings is 1. The predicted molar refractivity (Wildman–Crippen MR) is 51.6 cm³/mol. The number of hydrogen-bond acceptors (Lipinski definition) is 2. The summed E-state index contributed by atoms with van der Waals surface area (Å²) in [5.74, 6) is 0. The fourth-order valence-corrected chi connectivity index (χ4v) is 1.04. The Morgan fingerprint density at radius 2 is 2.33 bits per heavy atom. The molecule has 2 nitrogen and oxygen atoms in total. The number of anilines is 1. The Balaban J connectivity index is 2.95. The second-order valence-electron chi connectivity index (χ2n) is 2.70. The molecule has 0 aliphatic carbocycles. The molecule has 0 aliphatic rings. The lowest BCUT2D eigenvalue weighted by Gasteiger charge is -2.01. The highest BCUT2D eigenvalue weighted by Gasteiger charge is 1.94. The molecule has 0 aliphatic heterocycles. The van der Waals surface area contributed by atoms with Crippen LogP contribution in [0.3, 0.4) is 0 Å². The minimum Gasteiger partial charge on any atom is -0.399 e. The fourth-order valence-electron chi connectivity index (χ4n) is 1.04. The number of hydrogen-bond donors (Lipinski definition) is 2. The molecule has 64 valence electrons. The van der Waals surface area contributed by atoms with E-state index in [4.69, 9.17) is 10.8 Å². The summed E-state index contributed by atoms with van der Waals surface area (Å²) in [7, 11) is 0. The lowest BCUT2D eigenvalue weighted by molar-refractivity contribution is 0.343. The van der Waals surface area contributed by atoms with Crippen LogP contribution in [-0.2, 0) is 0 Å². The van der Waals surface area contributed by atoms with Gasteiger partial charge in [0, 0.05) is 5.69 Å². The molecule has 0 saturated carbocycles. The number of nitrogens with two attached hydrogens (primary N) is 1. The van der Waals surface area contributed by atoms with Crippen LogP contribution in [0.5, 0.6) is 0 Å². The Labute approximate surface area is 72.3 Å². The van der Waals surface area contributed by atoms with Crippen LogP contribution in [-0.4, -0.2) is 11.7 Å². The standard InChI is InChI=1S/C10H13NO/c1-8(5-6-12)9-3-2-4-10(11)7-9/h2-5,7,12H,6,11H2,1H3/b8-5+. The van der Waals surface area contributed by atoms with Gasteiger partial charge in [0.15, 0.2) is 0 Å². The topological polar surface area (TPSA) is 46.2 Å². The fraction of sp³-hybridized carbons (Fsp3) is 0.200. The molecule has 0 atom stereocenters. The average molecular weight is 163 g/mol. The van der Waals surface area contributed by atoms with E-state index in [-0.39, 0.29) is 6.61 Å². The molecule has 0 aromatic heterocycles. The first-order chi connectivity index (χ1) is 5.74. The molecule has 12 heavy (non-hydrogen) atoms. The quantitative estimate of drug-likeness (QED) is 0.651. The van der Waals surface area contributed by atoms with Crippen molar-refractivity contribution in [2.45, 2.75) is 6.92 Å². The van der Waals surface area contributed by atoms with E-state index in [9.17, 15) is 0 Å². The van der Waals surface area contributed by atoms with Gasteiger partial charge in [0.05, 0.1) is 6.61 Å². The van der Waals surface area contributed by atoms with E-state index in [0.717, 1.165) is 16.8 Å². The van der Waals surface area contributed by atoms with Gasteiger partial charge in [0.1, 0.15) is 0 Å². The van der Waals surface area contributed by atoms with E-state index < -0.39 is 0 Å². The van der Waals surface area contributed by atoms with E-state index in [1.165, 1.54) is 0 Å². The molecule has 1 aromatic rings. The van der Waals surface area contributed by atoms with Crippen molar-refractivity contribution in [1.82, 2.24) is 0 Å². The smallest absolute Gasteiger partial charge is 0.0618 e. The van der Waals surface area contributed by atoms with Crippen molar-refractivity contribution < 1.29 is 5.11 Å². The summed E-state index contributed by atoms with van der Waals surface area (Å²) in [4.78, 5) is 0. The summed E-state index contributed by atoms with van der Waals surface area (Å²) in [6, 6.07) is 7.61. The third kappa shape index (κ3) is 2.10. The third-order valence-corrected chi connectivity index (χ3v) is 1.74. The molecule has 0 saturated heterocycles. The second-order valence-corrected chi connectivity index (χ2v) is 2.70. The summed E-state index contributed by atoms with van der Waals surface area (Å²) in [6.07, 6.45) is 1.76. The monoisotopic (exact) mass is 163 g/mol. The number of nitrogen functional groups attached to an aromatic ring is 1. The molecule has 1 aromatic carbocycles. The van der Waals surface area contributed by atoms with Crippen LogP contribution in [0.25, 0.3) is 5.57 Å². The summed E-state index contributed by atoms with van der Waals surface area (Å²) in [6.45, 7) is 2.02.